The predicted molar refractivity (Wildman–Crippen MR) is 57.8 cm³/mol. The van der Waals surface area contributed by atoms with Crippen LogP contribution in [-0.2, 0) is 4.57 Å². The van der Waals surface area contributed by atoms with Crippen LogP contribution in [-0.4, -0.2) is 50.5 Å². The van der Waals surface area contributed by atoms with Crippen LogP contribution >= 0.6 is 41.9 Å². The van der Waals surface area contributed by atoms with Gasteiger partial charge < -0.3 is 19.9 Å². The average molecular weight is 285 g/mol. The Hall–Kier alpha value is 0.980. The summed E-state index contributed by atoms with van der Waals surface area (Å²) in [7, 11) is -3.72. The number of hydrogen-bond acceptors (Lipinski definition) is 4. The lowest BCUT2D eigenvalue weighted by molar-refractivity contribution is 0.196. The number of alkyl halides is 3. The van der Waals surface area contributed by atoms with Crippen LogP contribution in [0.1, 0.15) is 0 Å². The van der Waals surface area contributed by atoms with Crippen LogP contribution < -0.4 is 0 Å². The number of aliphatic hydroxyl groups is 3. The van der Waals surface area contributed by atoms with Crippen LogP contribution in [0.25, 0.3) is 0 Å². The van der Waals surface area contributed by atoms with Gasteiger partial charge in [-0.2, -0.15) is 0 Å². The van der Waals surface area contributed by atoms with E-state index in [9.17, 15) is 19.9 Å². The van der Waals surface area contributed by atoms with Gasteiger partial charge in [0, 0.05) is 0 Å². The van der Waals surface area contributed by atoms with E-state index < -0.39 is 24.7 Å². The van der Waals surface area contributed by atoms with Crippen LogP contribution in [0.4, 0.5) is 0 Å². The van der Waals surface area contributed by atoms with Gasteiger partial charge in [0.1, 0.15) is 17.5 Å². The smallest absolute Gasteiger partial charge is 0.172 e. The second-order valence-electron chi connectivity index (χ2n) is 2.67. The summed E-state index contributed by atoms with van der Waals surface area (Å²) >= 11 is 15.9. The molecule has 0 saturated heterocycles. The maximum Gasteiger partial charge on any atom is 0.172 e. The van der Waals surface area contributed by atoms with Gasteiger partial charge >= 0.3 is 0 Å². The highest BCUT2D eigenvalue weighted by Crippen LogP contribution is 2.57. The Labute approximate surface area is 97.1 Å². The molecular weight excluding hydrogens is 273 g/mol. The van der Waals surface area contributed by atoms with E-state index in [4.69, 9.17) is 34.8 Å². The SMILES string of the molecule is O=P(C(O)CCl)(C(O)CCl)C(O)CCl. The number of rotatable bonds is 6. The molecule has 3 atom stereocenters. The Morgan fingerprint density at radius 1 is 0.857 bits per heavy atom. The predicted octanol–water partition coefficient (Wildman–Crippen LogP) is 1.02. The summed E-state index contributed by atoms with van der Waals surface area (Å²) < 4.78 is 12.0. The summed E-state index contributed by atoms with van der Waals surface area (Å²) in [6.07, 6.45) is 0. The zero-order valence-electron chi connectivity index (χ0n) is 7.18. The highest BCUT2D eigenvalue weighted by molar-refractivity contribution is 7.65. The largest absolute Gasteiger partial charge is 0.384 e. The third-order valence-corrected chi connectivity index (χ3v) is 6.68. The minimum atomic E-state index is -3.72. The van der Waals surface area contributed by atoms with Crippen molar-refractivity contribution in [1.29, 1.82) is 0 Å². The topological polar surface area (TPSA) is 77.8 Å². The summed E-state index contributed by atoms with van der Waals surface area (Å²) in [4.78, 5) is 0. The van der Waals surface area contributed by atoms with Crippen molar-refractivity contribution in [3.8, 4) is 0 Å². The lowest BCUT2D eigenvalue weighted by atomic mass is 10.8. The van der Waals surface area contributed by atoms with E-state index in [-0.39, 0.29) is 17.6 Å². The quantitative estimate of drug-likeness (QED) is 0.503. The van der Waals surface area contributed by atoms with Crippen LogP contribution in [0.15, 0.2) is 0 Å². The molecule has 0 heterocycles. The molecule has 0 aromatic rings. The first-order valence-corrected chi connectivity index (χ1v) is 7.28. The van der Waals surface area contributed by atoms with Crippen LogP contribution in [0.2, 0.25) is 0 Å². The van der Waals surface area contributed by atoms with Gasteiger partial charge in [-0.05, 0) is 0 Å². The molecule has 0 aromatic carbocycles. The van der Waals surface area contributed by atoms with Gasteiger partial charge in [-0.1, -0.05) is 0 Å². The van der Waals surface area contributed by atoms with E-state index >= 15 is 0 Å². The van der Waals surface area contributed by atoms with E-state index in [1.807, 2.05) is 0 Å². The Balaban J connectivity index is 4.94. The fourth-order valence-electron chi connectivity index (χ4n) is 0.919. The summed E-state index contributed by atoms with van der Waals surface area (Å²) in [5.41, 5.74) is 0. The standard InChI is InChI=1S/C6H12Cl3O4P/c7-1-4(10)14(13,5(11)2-8)6(12)3-9/h4-6,10-12H,1-3H2. The number of hydrogen-bond donors (Lipinski definition) is 3. The minimum absolute atomic E-state index is 0.362. The van der Waals surface area contributed by atoms with E-state index in [0.717, 1.165) is 0 Å². The Kier molecular flexibility index (Phi) is 7.00. The second-order valence-corrected chi connectivity index (χ2v) is 6.91. The highest BCUT2D eigenvalue weighted by atomic mass is 35.5. The second kappa shape index (κ2) is 6.54. The summed E-state index contributed by atoms with van der Waals surface area (Å²) in [6.45, 7) is 0. The molecule has 14 heavy (non-hydrogen) atoms. The first kappa shape index (κ1) is 15.0. The molecule has 0 amide bonds. The van der Waals surface area contributed by atoms with E-state index in [2.05, 4.69) is 0 Å². The third kappa shape index (κ3) is 2.99. The monoisotopic (exact) mass is 284 g/mol. The molecule has 4 nitrogen and oxygen atoms in total. The van der Waals surface area contributed by atoms with Crippen molar-refractivity contribution in [3.05, 3.63) is 0 Å². The van der Waals surface area contributed by atoms with Gasteiger partial charge in [0.25, 0.3) is 0 Å². The Morgan fingerprint density at radius 2 is 1.07 bits per heavy atom. The zero-order valence-corrected chi connectivity index (χ0v) is 10.3. The fourth-order valence-corrected chi connectivity index (χ4v) is 4.70. The molecule has 0 aliphatic rings. The van der Waals surface area contributed by atoms with Crippen LogP contribution in [0, 0.1) is 0 Å². The first-order valence-electron chi connectivity index (χ1n) is 3.76. The van der Waals surface area contributed by atoms with Crippen molar-refractivity contribution in [2.24, 2.45) is 0 Å². The van der Waals surface area contributed by atoms with Crippen molar-refractivity contribution in [2.45, 2.75) is 17.5 Å². The number of halogens is 3. The van der Waals surface area contributed by atoms with Crippen molar-refractivity contribution in [1.82, 2.24) is 0 Å². The average Bonchev–Trinajstić information content (AvgIpc) is 2.24. The van der Waals surface area contributed by atoms with Gasteiger partial charge in [-0.3, -0.25) is 0 Å². The first-order chi connectivity index (χ1) is 6.44. The van der Waals surface area contributed by atoms with Gasteiger partial charge in [-0.15, -0.1) is 34.8 Å². The molecule has 0 bridgehead atoms. The molecule has 0 rings (SSSR count). The third-order valence-electron chi connectivity index (χ3n) is 1.81. The van der Waals surface area contributed by atoms with Gasteiger partial charge in [-0.25, -0.2) is 0 Å². The van der Waals surface area contributed by atoms with Crippen molar-refractivity contribution < 1.29 is 19.9 Å². The van der Waals surface area contributed by atoms with E-state index in [1.165, 1.54) is 0 Å². The molecule has 0 saturated carbocycles. The molecule has 0 fully saturated rings. The molecule has 0 radical (unpaired) electrons. The lowest BCUT2D eigenvalue weighted by Crippen LogP contribution is -2.30. The van der Waals surface area contributed by atoms with E-state index in [0.29, 0.717) is 0 Å². The molecule has 0 aromatic heterocycles. The normalized spacial score (nSPS) is 22.4. The molecule has 8 heteroatoms. The fraction of sp³-hybridized carbons (Fsp3) is 1.00. The summed E-state index contributed by atoms with van der Waals surface area (Å²) in [6, 6.07) is 0. The summed E-state index contributed by atoms with van der Waals surface area (Å²) in [5, 5.41) is 28.0. The van der Waals surface area contributed by atoms with Gasteiger partial charge in [0.15, 0.2) is 7.14 Å². The van der Waals surface area contributed by atoms with Gasteiger partial charge in [0.2, 0.25) is 0 Å². The molecular formula is C6H12Cl3O4P. The lowest BCUT2D eigenvalue weighted by Gasteiger charge is -2.29. The molecule has 86 valence electrons. The maximum atomic E-state index is 12.0. The minimum Gasteiger partial charge on any atom is -0.384 e. The Morgan fingerprint density at radius 3 is 1.21 bits per heavy atom. The number of aliphatic hydroxyl groups excluding tert-OH is 3. The highest BCUT2D eigenvalue weighted by Gasteiger charge is 2.44. The summed E-state index contributed by atoms with van der Waals surface area (Å²) in [5.74, 6) is -5.61. The van der Waals surface area contributed by atoms with E-state index in [1.54, 1.807) is 0 Å². The van der Waals surface area contributed by atoms with Crippen LogP contribution in [0.5, 0.6) is 0 Å². The zero-order chi connectivity index (χ0) is 11.4. The van der Waals surface area contributed by atoms with Crippen molar-refractivity contribution >= 4 is 41.9 Å². The Bertz CT molecular complexity index is 182. The molecule has 3 unspecified atom stereocenters. The maximum absolute atomic E-state index is 12.0. The molecule has 0 aliphatic carbocycles. The molecule has 0 aliphatic heterocycles. The molecule has 0 spiro atoms. The van der Waals surface area contributed by atoms with Crippen LogP contribution in [0.3, 0.4) is 0 Å². The molecule has 3 N–H and O–H groups in total. The van der Waals surface area contributed by atoms with Crippen molar-refractivity contribution in [2.75, 3.05) is 17.6 Å². The van der Waals surface area contributed by atoms with Gasteiger partial charge in [0.05, 0.1) is 17.6 Å². The van der Waals surface area contributed by atoms with Crippen molar-refractivity contribution in [3.63, 3.8) is 0 Å².